The number of rotatable bonds is 0. The van der Waals surface area contributed by atoms with Gasteiger partial charge < -0.3 is 9.84 Å². The molecular weight excluding hydrogens is 403 g/mol. The summed E-state index contributed by atoms with van der Waals surface area (Å²) in [4.78, 5) is 36.6. The molecule has 0 bridgehead atoms. The average Bonchev–Trinajstić information content (AvgIpc) is 2.96. The largest absolute Gasteiger partial charge is 0.457 e. The fraction of sp³-hybridized carbons (Fsp3) is 0.667. The van der Waals surface area contributed by atoms with Crippen LogP contribution in [0.5, 0.6) is 0 Å². The van der Waals surface area contributed by atoms with Crippen LogP contribution in [0.1, 0.15) is 39.0 Å². The van der Waals surface area contributed by atoms with Gasteiger partial charge in [-0.25, -0.2) is 0 Å². The van der Waals surface area contributed by atoms with E-state index in [-0.39, 0.29) is 37.1 Å². The summed E-state index contributed by atoms with van der Waals surface area (Å²) in [5, 5.41) is 10.7. The van der Waals surface area contributed by atoms with Crippen LogP contribution in [-0.4, -0.2) is 45.1 Å². The highest BCUT2D eigenvalue weighted by Gasteiger charge is 2.78. The molecule has 0 unspecified atom stereocenters. The molecule has 5 nitrogen and oxygen atoms in total. The fourth-order valence-electron chi connectivity index (χ4n) is 7.00. The Morgan fingerprint density at radius 3 is 2.71 bits per heavy atom. The van der Waals surface area contributed by atoms with E-state index < -0.39 is 38.4 Å². The van der Waals surface area contributed by atoms with Gasteiger partial charge in [-0.15, -0.1) is 23.2 Å². The van der Waals surface area contributed by atoms with Crippen LogP contribution < -0.4 is 0 Å². The van der Waals surface area contributed by atoms with Crippen molar-refractivity contribution in [3.63, 3.8) is 0 Å². The van der Waals surface area contributed by atoms with E-state index in [4.69, 9.17) is 27.9 Å². The maximum Gasteiger partial charge on any atom is 0.316 e. The minimum Gasteiger partial charge on any atom is -0.457 e. The Hall–Kier alpha value is -1.17. The minimum absolute atomic E-state index is 0.0544. The van der Waals surface area contributed by atoms with Gasteiger partial charge in [0.15, 0.2) is 12.4 Å². The Bertz CT molecular complexity index is 880. The first-order valence-corrected chi connectivity index (χ1v) is 10.6. The Labute approximate surface area is 173 Å². The molecule has 3 saturated carbocycles. The number of cyclic esters (lactones) is 1. The second-order valence-corrected chi connectivity index (χ2v) is 10.3. The molecule has 7 heteroatoms. The molecule has 28 heavy (non-hydrogen) atoms. The van der Waals surface area contributed by atoms with E-state index in [1.54, 1.807) is 6.08 Å². The lowest BCUT2D eigenvalue weighted by atomic mass is 9.45. The van der Waals surface area contributed by atoms with Crippen molar-refractivity contribution in [2.75, 3.05) is 6.61 Å². The molecule has 0 aromatic heterocycles. The quantitative estimate of drug-likeness (QED) is 0.477. The van der Waals surface area contributed by atoms with E-state index in [9.17, 15) is 19.5 Å². The van der Waals surface area contributed by atoms with Crippen molar-refractivity contribution in [3.05, 3.63) is 23.8 Å². The number of Topliss-reactive ketones (excluding diaryl/α,β-unsaturated/α-hetero) is 1. The third-order valence-electron chi connectivity index (χ3n) is 8.42. The van der Waals surface area contributed by atoms with Gasteiger partial charge in [0.05, 0.1) is 10.3 Å². The molecule has 1 heterocycles. The standard InChI is InChI=1S/C21H22Cl2O5/c1-18-6-4-12(24)8-11(18)2-3-14-13-5-7-20(27)16(25)10-28-17(26)19(13,20)9-15(22)21(14,18)23/h4,6,8,13-15,27H,2-3,5,7,9-10H2,1H3/t13-,14-,15-,18-,19-,20-,21-/m0/s1. The molecule has 5 aliphatic rings. The summed E-state index contributed by atoms with van der Waals surface area (Å²) in [5.74, 6) is -1.49. The summed E-state index contributed by atoms with van der Waals surface area (Å²) < 4.78 is 5.22. The van der Waals surface area contributed by atoms with Crippen LogP contribution in [0.3, 0.4) is 0 Å². The van der Waals surface area contributed by atoms with Crippen LogP contribution in [0.2, 0.25) is 0 Å². The van der Waals surface area contributed by atoms with Gasteiger partial charge in [-0.2, -0.15) is 0 Å². The maximum absolute atomic E-state index is 13.0. The lowest BCUT2D eigenvalue weighted by molar-refractivity contribution is -0.206. The molecule has 0 aromatic carbocycles. The molecular formula is C21H22Cl2O5. The summed E-state index contributed by atoms with van der Waals surface area (Å²) in [6, 6.07) is 0. The van der Waals surface area contributed by atoms with Crippen molar-refractivity contribution in [2.45, 2.75) is 54.9 Å². The first-order chi connectivity index (χ1) is 13.1. The van der Waals surface area contributed by atoms with Crippen LogP contribution in [0, 0.1) is 22.7 Å². The van der Waals surface area contributed by atoms with Crippen molar-refractivity contribution < 1.29 is 24.2 Å². The monoisotopic (exact) mass is 424 g/mol. The Morgan fingerprint density at radius 1 is 1.21 bits per heavy atom. The van der Waals surface area contributed by atoms with E-state index in [2.05, 4.69) is 0 Å². The molecule has 7 atom stereocenters. The van der Waals surface area contributed by atoms with Crippen LogP contribution in [-0.2, 0) is 19.1 Å². The average molecular weight is 425 g/mol. The second kappa shape index (κ2) is 5.50. The van der Waals surface area contributed by atoms with Crippen molar-refractivity contribution in [1.82, 2.24) is 0 Å². The molecule has 0 radical (unpaired) electrons. The van der Waals surface area contributed by atoms with E-state index in [0.29, 0.717) is 19.3 Å². The highest BCUT2D eigenvalue weighted by Crippen LogP contribution is 2.72. The van der Waals surface area contributed by atoms with Crippen molar-refractivity contribution >= 4 is 40.7 Å². The van der Waals surface area contributed by atoms with E-state index in [0.717, 1.165) is 5.57 Å². The topological polar surface area (TPSA) is 80.7 Å². The number of alkyl halides is 2. The summed E-state index contributed by atoms with van der Waals surface area (Å²) in [7, 11) is 0. The number of hydrogen-bond acceptors (Lipinski definition) is 5. The molecule has 150 valence electrons. The molecule has 1 N–H and O–H groups in total. The van der Waals surface area contributed by atoms with E-state index in [1.807, 2.05) is 13.0 Å². The first kappa shape index (κ1) is 18.8. The number of carbonyl (C=O) groups excluding carboxylic acids is 3. The fourth-order valence-corrected chi connectivity index (χ4v) is 8.15. The summed E-state index contributed by atoms with van der Waals surface area (Å²) in [6.45, 7) is 1.61. The van der Waals surface area contributed by atoms with Gasteiger partial charge >= 0.3 is 5.97 Å². The number of ether oxygens (including phenoxy) is 1. The van der Waals surface area contributed by atoms with Crippen molar-refractivity contribution in [3.8, 4) is 0 Å². The Kier molecular flexibility index (Phi) is 3.70. The molecule has 1 aliphatic heterocycles. The number of hydrogen-bond donors (Lipinski definition) is 1. The highest BCUT2D eigenvalue weighted by molar-refractivity contribution is 6.34. The molecule has 4 fully saturated rings. The maximum atomic E-state index is 13.0. The zero-order valence-electron chi connectivity index (χ0n) is 15.5. The number of esters is 1. The second-order valence-electron chi connectivity index (χ2n) is 9.17. The van der Waals surface area contributed by atoms with Gasteiger partial charge in [0.25, 0.3) is 0 Å². The first-order valence-electron chi connectivity index (χ1n) is 9.81. The number of fused-ring (bicyclic) bond motifs is 4. The minimum atomic E-state index is -1.73. The van der Waals surface area contributed by atoms with Gasteiger partial charge in [-0.05, 0) is 56.1 Å². The van der Waals surface area contributed by atoms with Gasteiger partial charge in [-0.1, -0.05) is 18.6 Å². The number of halogens is 2. The smallest absolute Gasteiger partial charge is 0.316 e. The Balaban J connectivity index is 1.67. The van der Waals surface area contributed by atoms with Gasteiger partial charge in [-0.3, -0.25) is 14.4 Å². The van der Waals surface area contributed by atoms with Crippen LogP contribution in [0.25, 0.3) is 0 Å². The molecule has 5 rings (SSSR count). The summed E-state index contributed by atoms with van der Waals surface area (Å²) in [6.07, 6.45) is 7.20. The SMILES string of the molecule is C[C@]12C=CC(=O)C=C1CC[C@H]1[C@@H]3CC[C@]4(O)C(=O)COC(=O)[C@]34C[C@H](Cl)[C@@]12Cl. The summed E-state index contributed by atoms with van der Waals surface area (Å²) in [5.41, 5.74) is -2.72. The van der Waals surface area contributed by atoms with E-state index >= 15 is 0 Å². The molecule has 0 aromatic rings. The van der Waals surface area contributed by atoms with Crippen LogP contribution in [0.15, 0.2) is 23.8 Å². The van der Waals surface area contributed by atoms with Crippen molar-refractivity contribution in [1.29, 1.82) is 0 Å². The zero-order chi connectivity index (χ0) is 20.1. The third-order valence-corrected chi connectivity index (χ3v) is 9.96. The zero-order valence-corrected chi connectivity index (χ0v) is 17.1. The number of allylic oxidation sites excluding steroid dienone is 4. The number of aliphatic hydroxyl groups is 1. The predicted octanol–water partition coefficient (Wildman–Crippen LogP) is 2.71. The van der Waals surface area contributed by atoms with Gasteiger partial charge in [0, 0.05) is 5.41 Å². The lowest BCUT2D eigenvalue weighted by Crippen LogP contribution is -2.71. The van der Waals surface area contributed by atoms with Gasteiger partial charge in [0.1, 0.15) is 11.0 Å². The van der Waals surface area contributed by atoms with E-state index in [1.165, 1.54) is 6.08 Å². The van der Waals surface area contributed by atoms with Crippen molar-refractivity contribution in [2.24, 2.45) is 22.7 Å². The molecule has 1 spiro atoms. The lowest BCUT2D eigenvalue weighted by Gasteiger charge is -2.63. The highest BCUT2D eigenvalue weighted by atomic mass is 35.5. The molecule has 4 aliphatic carbocycles. The number of ketones is 2. The van der Waals surface area contributed by atoms with Gasteiger partial charge in [0.2, 0.25) is 5.78 Å². The third kappa shape index (κ3) is 1.83. The van der Waals surface area contributed by atoms with Crippen LogP contribution >= 0.6 is 23.2 Å². The Morgan fingerprint density at radius 2 is 1.96 bits per heavy atom. The normalized spacial score (nSPS) is 52.2. The molecule has 0 amide bonds. The predicted molar refractivity (Wildman–Crippen MR) is 102 cm³/mol. The molecule has 1 saturated heterocycles. The van der Waals surface area contributed by atoms with Crippen LogP contribution in [0.4, 0.5) is 0 Å². The number of carbonyl (C=O) groups is 3. The summed E-state index contributed by atoms with van der Waals surface area (Å²) >= 11 is 14.3.